The van der Waals surface area contributed by atoms with E-state index in [9.17, 15) is 4.79 Å². The van der Waals surface area contributed by atoms with Gasteiger partial charge in [0.1, 0.15) is 6.61 Å². The summed E-state index contributed by atoms with van der Waals surface area (Å²) in [6, 6.07) is 5.63. The summed E-state index contributed by atoms with van der Waals surface area (Å²) in [5.74, 6) is 1.38. The molecule has 0 aromatic heterocycles. The first-order valence-electron chi connectivity index (χ1n) is 8.21. The highest BCUT2D eigenvalue weighted by Crippen LogP contribution is 2.28. The van der Waals surface area contributed by atoms with Crippen LogP contribution in [-0.2, 0) is 4.79 Å². The van der Waals surface area contributed by atoms with Crippen molar-refractivity contribution >= 4 is 11.9 Å². The zero-order valence-electron chi connectivity index (χ0n) is 15.4. The Bertz CT molecular complexity index is 632. The Morgan fingerprint density at radius 3 is 2.46 bits per heavy atom. The van der Waals surface area contributed by atoms with E-state index in [1.807, 2.05) is 18.2 Å². The molecular formula is C21H28O3. The van der Waals surface area contributed by atoms with Crippen molar-refractivity contribution in [1.82, 2.24) is 0 Å². The average Bonchev–Trinajstić information content (AvgIpc) is 2.53. The van der Waals surface area contributed by atoms with Crippen molar-refractivity contribution < 1.29 is 14.3 Å². The van der Waals surface area contributed by atoms with Gasteiger partial charge in [0, 0.05) is 0 Å². The van der Waals surface area contributed by atoms with E-state index in [-0.39, 0.29) is 5.78 Å². The van der Waals surface area contributed by atoms with Gasteiger partial charge in [0.25, 0.3) is 0 Å². The van der Waals surface area contributed by atoms with E-state index in [4.69, 9.17) is 9.47 Å². The minimum Gasteiger partial charge on any atom is -0.493 e. The predicted octanol–water partition coefficient (Wildman–Crippen LogP) is 5.37. The maximum Gasteiger partial charge on any atom is 0.161 e. The molecule has 130 valence electrons. The minimum atomic E-state index is 0.0167. The zero-order chi connectivity index (χ0) is 17.9. The smallest absolute Gasteiger partial charge is 0.161 e. The highest BCUT2D eigenvalue weighted by molar-refractivity contribution is 5.91. The summed E-state index contributed by atoms with van der Waals surface area (Å²) >= 11 is 0. The van der Waals surface area contributed by atoms with Crippen molar-refractivity contribution in [2.24, 2.45) is 0 Å². The standard InChI is InChI=1S/C21H28O3/c1-16(2)7-6-8-17(3)13-14-24-20-12-11-19(10-9-18(4)22)15-21(20)23-5/h7,9-13,15H,6,8,14H2,1-5H3/b10-9+,17-13+. The van der Waals surface area contributed by atoms with Crippen LogP contribution < -0.4 is 9.47 Å². The third-order valence-corrected chi connectivity index (χ3v) is 3.46. The molecule has 24 heavy (non-hydrogen) atoms. The number of benzene rings is 1. The van der Waals surface area contributed by atoms with Gasteiger partial charge in [0.2, 0.25) is 0 Å². The number of carbonyl (C=O) groups is 1. The number of ketones is 1. The lowest BCUT2D eigenvalue weighted by Gasteiger charge is -2.10. The quantitative estimate of drug-likeness (QED) is 0.451. The summed E-state index contributed by atoms with van der Waals surface area (Å²) in [6.45, 7) is 8.39. The summed E-state index contributed by atoms with van der Waals surface area (Å²) in [5, 5.41) is 0. The molecular weight excluding hydrogens is 300 g/mol. The second kappa shape index (κ2) is 10.5. The molecule has 0 amide bonds. The molecule has 3 nitrogen and oxygen atoms in total. The number of allylic oxidation sites excluding steroid dienone is 4. The molecule has 1 aromatic carbocycles. The lowest BCUT2D eigenvalue weighted by Crippen LogP contribution is -1.98. The van der Waals surface area contributed by atoms with Crippen LogP contribution in [0.4, 0.5) is 0 Å². The molecule has 0 atom stereocenters. The Labute approximate surface area is 145 Å². The summed E-state index contributed by atoms with van der Waals surface area (Å²) in [6.07, 6.45) is 9.75. The molecule has 0 bridgehead atoms. The molecule has 0 spiro atoms. The summed E-state index contributed by atoms with van der Waals surface area (Å²) in [7, 11) is 1.61. The van der Waals surface area contributed by atoms with Crippen molar-refractivity contribution in [2.75, 3.05) is 13.7 Å². The molecule has 1 rings (SSSR count). The van der Waals surface area contributed by atoms with Gasteiger partial charge < -0.3 is 9.47 Å². The maximum absolute atomic E-state index is 11.0. The van der Waals surface area contributed by atoms with Crippen molar-refractivity contribution in [2.45, 2.75) is 40.5 Å². The van der Waals surface area contributed by atoms with Crippen LogP contribution in [-0.4, -0.2) is 19.5 Å². The Balaban J connectivity index is 2.64. The molecule has 0 radical (unpaired) electrons. The summed E-state index contributed by atoms with van der Waals surface area (Å²) in [5.41, 5.74) is 3.57. The first-order chi connectivity index (χ1) is 11.4. The lowest BCUT2D eigenvalue weighted by molar-refractivity contribution is -0.112. The van der Waals surface area contributed by atoms with E-state index >= 15 is 0 Å². The van der Waals surface area contributed by atoms with Crippen molar-refractivity contribution in [3.05, 3.63) is 53.1 Å². The van der Waals surface area contributed by atoms with Gasteiger partial charge in [-0.25, -0.2) is 0 Å². The van der Waals surface area contributed by atoms with Gasteiger partial charge >= 0.3 is 0 Å². The SMILES string of the molecule is COc1cc(/C=C/C(C)=O)ccc1OC/C=C(\C)CCC=C(C)C. The van der Waals surface area contributed by atoms with Gasteiger partial charge in [0.15, 0.2) is 17.3 Å². The molecule has 0 saturated carbocycles. The molecule has 0 fully saturated rings. The normalized spacial score (nSPS) is 11.5. The highest BCUT2D eigenvalue weighted by Gasteiger charge is 2.04. The van der Waals surface area contributed by atoms with E-state index in [2.05, 4.69) is 32.9 Å². The maximum atomic E-state index is 11.0. The number of rotatable bonds is 9. The molecule has 0 heterocycles. The Hall–Kier alpha value is -2.29. The second-order valence-electron chi connectivity index (χ2n) is 6.04. The zero-order valence-corrected chi connectivity index (χ0v) is 15.4. The van der Waals surface area contributed by atoms with Crippen LogP contribution in [0.5, 0.6) is 11.5 Å². The second-order valence-corrected chi connectivity index (χ2v) is 6.04. The molecule has 1 aromatic rings. The first-order valence-corrected chi connectivity index (χ1v) is 8.21. The molecule has 0 saturated heterocycles. The van der Waals surface area contributed by atoms with Crippen LogP contribution in [0, 0.1) is 0 Å². The fourth-order valence-corrected chi connectivity index (χ4v) is 2.08. The molecule has 0 N–H and O–H groups in total. The third kappa shape index (κ3) is 7.82. The summed E-state index contributed by atoms with van der Waals surface area (Å²) in [4.78, 5) is 11.0. The van der Waals surface area contributed by atoms with Crippen molar-refractivity contribution in [1.29, 1.82) is 0 Å². The number of ether oxygens (including phenoxy) is 2. The largest absolute Gasteiger partial charge is 0.493 e. The Morgan fingerprint density at radius 1 is 1.08 bits per heavy atom. The van der Waals surface area contributed by atoms with Gasteiger partial charge in [-0.1, -0.05) is 29.4 Å². The van der Waals surface area contributed by atoms with Crippen LogP contribution in [0.3, 0.4) is 0 Å². The summed E-state index contributed by atoms with van der Waals surface area (Å²) < 4.78 is 11.2. The van der Waals surface area contributed by atoms with Crippen molar-refractivity contribution in [3.63, 3.8) is 0 Å². The number of methoxy groups -OCH3 is 1. The molecule has 0 aliphatic carbocycles. The monoisotopic (exact) mass is 328 g/mol. The van der Waals surface area contributed by atoms with Gasteiger partial charge in [-0.15, -0.1) is 0 Å². The fraction of sp³-hybridized carbons (Fsp3) is 0.381. The number of hydrogen-bond donors (Lipinski definition) is 0. The molecule has 0 unspecified atom stereocenters. The van der Waals surface area contributed by atoms with E-state index in [1.165, 1.54) is 24.1 Å². The fourth-order valence-electron chi connectivity index (χ4n) is 2.08. The van der Waals surface area contributed by atoms with E-state index in [0.717, 1.165) is 18.4 Å². The van der Waals surface area contributed by atoms with E-state index in [1.54, 1.807) is 13.2 Å². The van der Waals surface area contributed by atoms with Crippen LogP contribution in [0.25, 0.3) is 6.08 Å². The van der Waals surface area contributed by atoms with Gasteiger partial charge in [-0.2, -0.15) is 0 Å². The van der Waals surface area contributed by atoms with Crippen LogP contribution in [0.15, 0.2) is 47.6 Å². The van der Waals surface area contributed by atoms with Crippen LogP contribution in [0.2, 0.25) is 0 Å². The predicted molar refractivity (Wildman–Crippen MR) is 101 cm³/mol. The lowest BCUT2D eigenvalue weighted by atomic mass is 10.1. The van der Waals surface area contributed by atoms with Crippen LogP contribution >= 0.6 is 0 Å². The molecule has 0 aliphatic rings. The minimum absolute atomic E-state index is 0.0167. The highest BCUT2D eigenvalue weighted by atomic mass is 16.5. The topological polar surface area (TPSA) is 35.5 Å². The van der Waals surface area contributed by atoms with E-state index in [0.29, 0.717) is 18.1 Å². The molecule has 3 heteroatoms. The number of carbonyl (C=O) groups excluding carboxylic acids is 1. The molecule has 0 aliphatic heterocycles. The third-order valence-electron chi connectivity index (χ3n) is 3.46. The Morgan fingerprint density at radius 2 is 1.83 bits per heavy atom. The van der Waals surface area contributed by atoms with Gasteiger partial charge in [-0.05, 0) is 70.4 Å². The van der Waals surface area contributed by atoms with E-state index < -0.39 is 0 Å². The van der Waals surface area contributed by atoms with Crippen LogP contribution in [0.1, 0.15) is 46.1 Å². The first kappa shape index (κ1) is 19.8. The Kier molecular flexibility index (Phi) is 8.63. The number of hydrogen-bond acceptors (Lipinski definition) is 3. The average molecular weight is 328 g/mol. The van der Waals surface area contributed by atoms with Crippen molar-refractivity contribution in [3.8, 4) is 11.5 Å². The van der Waals surface area contributed by atoms with Gasteiger partial charge in [0.05, 0.1) is 7.11 Å². The van der Waals surface area contributed by atoms with Gasteiger partial charge in [-0.3, -0.25) is 4.79 Å².